The molecule has 1 amide bonds. The Balaban J connectivity index is 2.45. The van der Waals surface area contributed by atoms with E-state index in [0.717, 1.165) is 22.4 Å². The van der Waals surface area contributed by atoms with Gasteiger partial charge in [0.15, 0.2) is 0 Å². The van der Waals surface area contributed by atoms with Gasteiger partial charge in [0.05, 0.1) is 12.5 Å². The molecule has 21 heavy (non-hydrogen) atoms. The first-order valence-electron chi connectivity index (χ1n) is 6.60. The molecule has 0 aliphatic heterocycles. The molecule has 0 atom stereocenters. The maximum absolute atomic E-state index is 11.5. The van der Waals surface area contributed by atoms with E-state index in [1.165, 1.54) is 0 Å². The van der Waals surface area contributed by atoms with Crippen LogP contribution in [0.1, 0.15) is 19.4 Å². The highest BCUT2D eigenvalue weighted by Crippen LogP contribution is 2.33. The lowest BCUT2D eigenvalue weighted by atomic mass is 9.83. The van der Waals surface area contributed by atoms with E-state index in [0.29, 0.717) is 5.02 Å². The Morgan fingerprint density at radius 1 is 1.14 bits per heavy atom. The van der Waals surface area contributed by atoms with Crippen molar-refractivity contribution < 1.29 is 9.53 Å². The minimum Gasteiger partial charge on any atom is -0.496 e. The number of rotatable bonds is 4. The quantitative estimate of drug-likeness (QED) is 0.934. The van der Waals surface area contributed by atoms with E-state index in [1.54, 1.807) is 13.2 Å². The van der Waals surface area contributed by atoms with Gasteiger partial charge in [-0.2, -0.15) is 0 Å². The summed E-state index contributed by atoms with van der Waals surface area (Å²) in [5, 5.41) is 0.646. The van der Waals surface area contributed by atoms with E-state index in [2.05, 4.69) is 0 Å². The monoisotopic (exact) mass is 303 g/mol. The maximum Gasteiger partial charge on any atom is 0.227 e. The van der Waals surface area contributed by atoms with Gasteiger partial charge in [-0.25, -0.2) is 0 Å². The minimum absolute atomic E-state index is 0.351. The van der Waals surface area contributed by atoms with Crippen molar-refractivity contribution in [3.63, 3.8) is 0 Å². The molecule has 2 aromatic carbocycles. The molecule has 0 aliphatic carbocycles. The van der Waals surface area contributed by atoms with Crippen LogP contribution in [0.25, 0.3) is 11.1 Å². The lowest BCUT2D eigenvalue weighted by molar-refractivity contribution is -0.122. The third-order valence-corrected chi connectivity index (χ3v) is 3.93. The molecule has 0 saturated carbocycles. The first-order chi connectivity index (χ1) is 9.86. The van der Waals surface area contributed by atoms with Crippen LogP contribution in [-0.2, 0) is 10.2 Å². The van der Waals surface area contributed by atoms with Crippen molar-refractivity contribution in [3.05, 3.63) is 53.1 Å². The lowest BCUT2D eigenvalue weighted by Gasteiger charge is -2.21. The van der Waals surface area contributed by atoms with Crippen LogP contribution in [-0.4, -0.2) is 13.0 Å². The molecule has 0 saturated heterocycles. The normalized spacial score (nSPS) is 11.2. The molecule has 0 bridgehead atoms. The van der Waals surface area contributed by atoms with Gasteiger partial charge in [-0.05, 0) is 43.2 Å². The molecule has 0 aromatic heterocycles. The van der Waals surface area contributed by atoms with Crippen molar-refractivity contribution in [2.24, 2.45) is 5.73 Å². The Morgan fingerprint density at radius 3 is 2.29 bits per heavy atom. The van der Waals surface area contributed by atoms with E-state index >= 15 is 0 Å². The number of hydrogen-bond acceptors (Lipinski definition) is 2. The number of carbonyl (C=O) groups is 1. The summed E-state index contributed by atoms with van der Waals surface area (Å²) in [6.45, 7) is 3.62. The summed E-state index contributed by atoms with van der Waals surface area (Å²) in [6, 6.07) is 13.2. The van der Waals surface area contributed by atoms with Gasteiger partial charge < -0.3 is 10.5 Å². The Hall–Kier alpha value is -2.00. The molecule has 0 spiro atoms. The highest BCUT2D eigenvalue weighted by atomic mass is 35.5. The zero-order valence-corrected chi connectivity index (χ0v) is 13.1. The smallest absolute Gasteiger partial charge is 0.227 e. The molecule has 2 aromatic rings. The second-order valence-corrected chi connectivity index (χ2v) is 5.85. The number of nitrogens with two attached hydrogens (primary N) is 1. The van der Waals surface area contributed by atoms with Gasteiger partial charge in [0, 0.05) is 10.6 Å². The molecule has 0 fully saturated rings. The topological polar surface area (TPSA) is 52.3 Å². The number of halogens is 1. The third kappa shape index (κ3) is 3.03. The fourth-order valence-corrected chi connectivity index (χ4v) is 2.29. The summed E-state index contributed by atoms with van der Waals surface area (Å²) >= 11 is 6.05. The Bertz CT molecular complexity index is 663. The van der Waals surface area contributed by atoms with E-state index < -0.39 is 5.41 Å². The fourth-order valence-electron chi connectivity index (χ4n) is 2.11. The van der Waals surface area contributed by atoms with E-state index in [4.69, 9.17) is 22.1 Å². The van der Waals surface area contributed by atoms with Crippen LogP contribution < -0.4 is 10.5 Å². The highest BCUT2D eigenvalue weighted by molar-refractivity contribution is 6.31. The van der Waals surface area contributed by atoms with Crippen LogP contribution in [0.4, 0.5) is 0 Å². The standard InChI is InChI=1S/C17H18ClNO2/c1-17(2,16(19)20)12-6-4-11(5-7-12)14-10-13(18)8-9-15(14)21-3/h4-10H,1-3H3,(H2,19,20). The fraction of sp³-hybridized carbons (Fsp3) is 0.235. The molecule has 0 radical (unpaired) electrons. The van der Waals surface area contributed by atoms with Crippen molar-refractivity contribution in [2.75, 3.05) is 7.11 Å². The summed E-state index contributed by atoms with van der Waals surface area (Å²) in [6.07, 6.45) is 0. The van der Waals surface area contributed by atoms with E-state index in [-0.39, 0.29) is 5.91 Å². The lowest BCUT2D eigenvalue weighted by Crippen LogP contribution is -2.35. The van der Waals surface area contributed by atoms with Gasteiger partial charge >= 0.3 is 0 Å². The van der Waals surface area contributed by atoms with Crippen LogP contribution in [0.3, 0.4) is 0 Å². The van der Waals surface area contributed by atoms with Crippen molar-refractivity contribution in [1.29, 1.82) is 0 Å². The second-order valence-electron chi connectivity index (χ2n) is 5.41. The minimum atomic E-state index is -0.697. The molecule has 2 rings (SSSR count). The number of carbonyl (C=O) groups excluding carboxylic acids is 1. The molecule has 0 unspecified atom stereocenters. The molecular weight excluding hydrogens is 286 g/mol. The third-order valence-electron chi connectivity index (χ3n) is 3.70. The SMILES string of the molecule is COc1ccc(Cl)cc1-c1ccc(C(C)(C)C(N)=O)cc1. The molecular formula is C17H18ClNO2. The number of methoxy groups -OCH3 is 1. The van der Waals surface area contributed by atoms with Crippen molar-refractivity contribution >= 4 is 17.5 Å². The number of primary amides is 1. The van der Waals surface area contributed by atoms with Crippen LogP contribution in [0, 0.1) is 0 Å². The van der Waals surface area contributed by atoms with Crippen LogP contribution in [0.15, 0.2) is 42.5 Å². The van der Waals surface area contributed by atoms with Gasteiger partial charge in [-0.1, -0.05) is 35.9 Å². The maximum atomic E-state index is 11.5. The first kappa shape index (κ1) is 15.4. The van der Waals surface area contributed by atoms with Crippen LogP contribution in [0.2, 0.25) is 5.02 Å². The van der Waals surface area contributed by atoms with E-state index in [1.807, 2.05) is 50.2 Å². The average Bonchev–Trinajstić information content (AvgIpc) is 2.47. The number of hydrogen-bond donors (Lipinski definition) is 1. The summed E-state index contributed by atoms with van der Waals surface area (Å²) in [4.78, 5) is 11.5. The van der Waals surface area contributed by atoms with Gasteiger partial charge in [-0.3, -0.25) is 4.79 Å². The average molecular weight is 304 g/mol. The molecule has 110 valence electrons. The predicted molar refractivity (Wildman–Crippen MR) is 85.7 cm³/mol. The van der Waals surface area contributed by atoms with Gasteiger partial charge in [0.1, 0.15) is 5.75 Å². The summed E-state index contributed by atoms with van der Waals surface area (Å²) in [5.74, 6) is 0.400. The predicted octanol–water partition coefficient (Wildman–Crippen LogP) is 3.78. The summed E-state index contributed by atoms with van der Waals surface area (Å²) in [5.41, 5.74) is 7.50. The number of ether oxygens (including phenoxy) is 1. The van der Waals surface area contributed by atoms with Crippen molar-refractivity contribution in [3.8, 4) is 16.9 Å². The van der Waals surface area contributed by atoms with Crippen molar-refractivity contribution in [2.45, 2.75) is 19.3 Å². The van der Waals surface area contributed by atoms with Gasteiger partial charge in [-0.15, -0.1) is 0 Å². The molecule has 2 N–H and O–H groups in total. The molecule has 3 nitrogen and oxygen atoms in total. The molecule has 0 aliphatic rings. The zero-order valence-electron chi connectivity index (χ0n) is 12.3. The van der Waals surface area contributed by atoms with Gasteiger partial charge in [0.2, 0.25) is 5.91 Å². The van der Waals surface area contributed by atoms with Crippen molar-refractivity contribution in [1.82, 2.24) is 0 Å². The molecule has 0 heterocycles. The Kier molecular flexibility index (Phi) is 4.24. The number of amides is 1. The first-order valence-corrected chi connectivity index (χ1v) is 6.98. The van der Waals surface area contributed by atoms with E-state index in [9.17, 15) is 4.79 Å². The van der Waals surface area contributed by atoms with Crippen LogP contribution in [0.5, 0.6) is 5.75 Å². The second kappa shape index (κ2) is 5.78. The Morgan fingerprint density at radius 2 is 1.76 bits per heavy atom. The highest BCUT2D eigenvalue weighted by Gasteiger charge is 2.27. The molecule has 4 heteroatoms. The largest absolute Gasteiger partial charge is 0.496 e. The van der Waals surface area contributed by atoms with Crippen LogP contribution >= 0.6 is 11.6 Å². The Labute approximate surface area is 129 Å². The van der Waals surface area contributed by atoms with Gasteiger partial charge in [0.25, 0.3) is 0 Å². The zero-order chi connectivity index (χ0) is 15.6. The number of benzene rings is 2. The summed E-state index contributed by atoms with van der Waals surface area (Å²) in [7, 11) is 1.62. The summed E-state index contributed by atoms with van der Waals surface area (Å²) < 4.78 is 5.36.